The Morgan fingerprint density at radius 2 is 2.04 bits per heavy atom. The predicted molar refractivity (Wildman–Crippen MR) is 92.8 cm³/mol. The number of hydrogen-bond acceptors (Lipinski definition) is 4. The minimum Gasteiger partial charge on any atom is -0.349 e. The van der Waals surface area contributed by atoms with Crippen molar-refractivity contribution in [2.45, 2.75) is 31.7 Å². The summed E-state index contributed by atoms with van der Waals surface area (Å²) in [6.45, 7) is 2.47. The van der Waals surface area contributed by atoms with Gasteiger partial charge in [-0.25, -0.2) is 5.43 Å². The standard InChI is InChI=1S/C17H21ClN4O2/c18-13-6-2-1-5-12(13)15(22-9-3-4-10-22)11-19-17(24)14-7-8-16(23)21-20-14/h1-2,5-6,15H,3-4,7-11H2,(H,19,24)(H,21,23)/t15-/m0/s1. The van der Waals surface area contributed by atoms with Crippen molar-refractivity contribution >= 4 is 29.1 Å². The van der Waals surface area contributed by atoms with Crippen molar-refractivity contribution in [2.75, 3.05) is 19.6 Å². The zero-order chi connectivity index (χ0) is 16.9. The first kappa shape index (κ1) is 16.9. The highest BCUT2D eigenvalue weighted by molar-refractivity contribution is 6.39. The van der Waals surface area contributed by atoms with Gasteiger partial charge in [-0.3, -0.25) is 14.5 Å². The van der Waals surface area contributed by atoms with Gasteiger partial charge in [-0.1, -0.05) is 29.8 Å². The zero-order valence-corrected chi connectivity index (χ0v) is 14.2. The number of carbonyl (C=O) groups excluding carboxylic acids is 2. The normalized spacial score (nSPS) is 19.5. The maximum Gasteiger partial charge on any atom is 0.267 e. The summed E-state index contributed by atoms with van der Waals surface area (Å²) in [7, 11) is 0. The van der Waals surface area contributed by atoms with Gasteiger partial charge in [0.05, 0.1) is 6.04 Å². The third-order valence-corrected chi connectivity index (χ3v) is 4.81. The van der Waals surface area contributed by atoms with Gasteiger partial charge in [-0.05, 0) is 37.6 Å². The molecule has 0 saturated carbocycles. The van der Waals surface area contributed by atoms with Crippen LogP contribution in [-0.4, -0.2) is 42.1 Å². The second-order valence-corrected chi connectivity index (χ2v) is 6.49. The molecule has 0 unspecified atom stereocenters. The molecular weight excluding hydrogens is 328 g/mol. The molecule has 0 aliphatic carbocycles. The van der Waals surface area contributed by atoms with Crippen LogP contribution in [0.2, 0.25) is 5.02 Å². The monoisotopic (exact) mass is 348 g/mol. The number of nitrogens with one attached hydrogen (secondary N) is 2. The van der Waals surface area contributed by atoms with E-state index in [1.54, 1.807) is 0 Å². The molecule has 0 aromatic heterocycles. The molecule has 2 aliphatic rings. The van der Waals surface area contributed by atoms with Crippen molar-refractivity contribution in [1.82, 2.24) is 15.6 Å². The van der Waals surface area contributed by atoms with E-state index in [4.69, 9.17) is 11.6 Å². The lowest BCUT2D eigenvalue weighted by Gasteiger charge is -2.29. The number of halogens is 1. The van der Waals surface area contributed by atoms with E-state index in [9.17, 15) is 9.59 Å². The molecule has 24 heavy (non-hydrogen) atoms. The van der Waals surface area contributed by atoms with Gasteiger partial charge in [0.1, 0.15) is 5.71 Å². The van der Waals surface area contributed by atoms with Crippen molar-refractivity contribution in [3.8, 4) is 0 Å². The SMILES string of the molecule is O=C1CCC(C(=O)NC[C@@H](c2ccccc2Cl)N2CCCC2)=NN1. The molecule has 2 amide bonds. The van der Waals surface area contributed by atoms with Crippen LogP contribution in [-0.2, 0) is 9.59 Å². The first-order valence-corrected chi connectivity index (χ1v) is 8.65. The third-order valence-electron chi connectivity index (χ3n) is 4.47. The van der Waals surface area contributed by atoms with Crippen LogP contribution >= 0.6 is 11.6 Å². The van der Waals surface area contributed by atoms with Crippen LogP contribution in [0, 0.1) is 0 Å². The molecule has 128 valence electrons. The lowest BCUT2D eigenvalue weighted by Crippen LogP contribution is -2.41. The van der Waals surface area contributed by atoms with E-state index >= 15 is 0 Å². The summed E-state index contributed by atoms with van der Waals surface area (Å²) in [5.74, 6) is -0.385. The van der Waals surface area contributed by atoms with Crippen molar-refractivity contribution < 1.29 is 9.59 Å². The Bertz CT molecular complexity index is 656. The van der Waals surface area contributed by atoms with Gasteiger partial charge in [0, 0.05) is 24.4 Å². The first-order valence-electron chi connectivity index (χ1n) is 8.27. The van der Waals surface area contributed by atoms with Gasteiger partial charge in [0.25, 0.3) is 5.91 Å². The number of carbonyl (C=O) groups is 2. The van der Waals surface area contributed by atoms with Crippen LogP contribution in [0.25, 0.3) is 0 Å². The molecule has 2 N–H and O–H groups in total. The number of amides is 2. The van der Waals surface area contributed by atoms with Crippen molar-refractivity contribution in [3.05, 3.63) is 34.9 Å². The molecule has 0 radical (unpaired) electrons. The van der Waals surface area contributed by atoms with E-state index in [0.29, 0.717) is 30.1 Å². The fourth-order valence-electron chi connectivity index (χ4n) is 3.16. The van der Waals surface area contributed by atoms with E-state index in [1.807, 2.05) is 24.3 Å². The average Bonchev–Trinajstić information content (AvgIpc) is 3.11. The molecular formula is C17H21ClN4O2. The van der Waals surface area contributed by atoms with Crippen molar-refractivity contribution in [3.63, 3.8) is 0 Å². The zero-order valence-electron chi connectivity index (χ0n) is 13.4. The summed E-state index contributed by atoms with van der Waals surface area (Å²) in [6, 6.07) is 7.81. The summed E-state index contributed by atoms with van der Waals surface area (Å²) in [4.78, 5) is 25.8. The highest BCUT2D eigenvalue weighted by Gasteiger charge is 2.26. The molecule has 1 aromatic rings. The molecule has 6 nitrogen and oxygen atoms in total. The number of benzene rings is 1. The second-order valence-electron chi connectivity index (χ2n) is 6.08. The van der Waals surface area contributed by atoms with E-state index in [2.05, 4.69) is 20.7 Å². The van der Waals surface area contributed by atoms with Crippen LogP contribution in [0.1, 0.15) is 37.3 Å². The predicted octanol–water partition coefficient (Wildman–Crippen LogP) is 1.86. The number of rotatable bonds is 5. The Morgan fingerprint density at radius 1 is 1.29 bits per heavy atom. The molecule has 2 aliphatic heterocycles. The summed E-state index contributed by atoms with van der Waals surface area (Å²) < 4.78 is 0. The van der Waals surface area contributed by atoms with Crippen LogP contribution in [0.4, 0.5) is 0 Å². The third kappa shape index (κ3) is 3.94. The molecule has 1 atom stereocenters. The van der Waals surface area contributed by atoms with E-state index in [-0.39, 0.29) is 17.9 Å². The van der Waals surface area contributed by atoms with Gasteiger partial charge in [0.2, 0.25) is 5.91 Å². The van der Waals surface area contributed by atoms with Crippen LogP contribution in [0.5, 0.6) is 0 Å². The molecule has 0 bridgehead atoms. The highest BCUT2D eigenvalue weighted by Crippen LogP contribution is 2.29. The molecule has 2 heterocycles. The quantitative estimate of drug-likeness (QED) is 0.853. The van der Waals surface area contributed by atoms with Gasteiger partial charge >= 0.3 is 0 Å². The van der Waals surface area contributed by atoms with Crippen molar-refractivity contribution in [1.29, 1.82) is 0 Å². The molecule has 1 aromatic carbocycles. The Kier molecular flexibility index (Phi) is 5.48. The van der Waals surface area contributed by atoms with Gasteiger partial charge in [-0.2, -0.15) is 5.10 Å². The maximum atomic E-state index is 12.3. The largest absolute Gasteiger partial charge is 0.349 e. The smallest absolute Gasteiger partial charge is 0.267 e. The van der Waals surface area contributed by atoms with Gasteiger partial charge in [-0.15, -0.1) is 0 Å². The Morgan fingerprint density at radius 3 is 2.71 bits per heavy atom. The maximum absolute atomic E-state index is 12.3. The van der Waals surface area contributed by atoms with Crippen LogP contribution in [0.3, 0.4) is 0 Å². The van der Waals surface area contributed by atoms with Crippen LogP contribution in [0.15, 0.2) is 29.4 Å². The molecule has 7 heteroatoms. The van der Waals surface area contributed by atoms with E-state index in [0.717, 1.165) is 31.5 Å². The number of hydrogen-bond donors (Lipinski definition) is 2. The van der Waals surface area contributed by atoms with Crippen LogP contribution < -0.4 is 10.7 Å². The Hall–Kier alpha value is -1.92. The minimum atomic E-state index is -0.230. The van der Waals surface area contributed by atoms with Gasteiger partial charge in [0.15, 0.2) is 0 Å². The summed E-state index contributed by atoms with van der Waals surface area (Å²) in [6.07, 6.45) is 2.99. The second kappa shape index (κ2) is 7.77. The van der Waals surface area contributed by atoms with Gasteiger partial charge < -0.3 is 5.32 Å². The average molecular weight is 349 g/mol. The number of hydrazone groups is 1. The number of likely N-dealkylation sites (tertiary alicyclic amines) is 1. The van der Waals surface area contributed by atoms with Crippen molar-refractivity contribution in [2.24, 2.45) is 5.10 Å². The lowest BCUT2D eigenvalue weighted by atomic mass is 10.0. The first-order chi connectivity index (χ1) is 11.6. The van der Waals surface area contributed by atoms with E-state index < -0.39 is 0 Å². The lowest BCUT2D eigenvalue weighted by molar-refractivity contribution is -0.121. The molecule has 1 fully saturated rings. The Balaban J connectivity index is 1.69. The molecule has 3 rings (SSSR count). The minimum absolute atomic E-state index is 0.0453. The Labute approximate surface area is 146 Å². The topological polar surface area (TPSA) is 73.8 Å². The highest BCUT2D eigenvalue weighted by atomic mass is 35.5. The number of nitrogens with zero attached hydrogens (tertiary/aromatic N) is 2. The molecule has 0 spiro atoms. The molecule has 1 saturated heterocycles. The van der Waals surface area contributed by atoms with E-state index in [1.165, 1.54) is 0 Å². The fraction of sp³-hybridized carbons (Fsp3) is 0.471. The fourth-order valence-corrected chi connectivity index (χ4v) is 3.43. The summed E-state index contributed by atoms with van der Waals surface area (Å²) >= 11 is 6.37. The summed E-state index contributed by atoms with van der Waals surface area (Å²) in [5.41, 5.74) is 3.75. The summed E-state index contributed by atoms with van der Waals surface area (Å²) in [5, 5.41) is 7.50.